The average Bonchev–Trinajstić information content (AvgIpc) is 2.43. The minimum Gasteiger partial charge on any atom is -0.436 e. The Labute approximate surface area is 132 Å². The number of aromatic nitrogens is 1. The monoisotopic (exact) mass is 352 g/mol. The van der Waals surface area contributed by atoms with E-state index in [2.05, 4.69) is 40.1 Å². The summed E-state index contributed by atoms with van der Waals surface area (Å²) in [5, 5.41) is 3.10. The molecule has 0 saturated carbocycles. The van der Waals surface area contributed by atoms with Gasteiger partial charge in [-0.15, -0.1) is 0 Å². The van der Waals surface area contributed by atoms with Gasteiger partial charge in [-0.2, -0.15) is 0 Å². The molecule has 0 atom stereocenters. The number of benzene rings is 1. The predicted octanol–water partition coefficient (Wildman–Crippen LogP) is 4.62. The second-order valence-electron chi connectivity index (χ2n) is 5.10. The van der Waals surface area contributed by atoms with Crippen molar-refractivity contribution in [2.45, 2.75) is 26.3 Å². The zero-order chi connectivity index (χ0) is 15.4. The highest BCUT2D eigenvalue weighted by Gasteiger charge is 2.10. The van der Waals surface area contributed by atoms with Crippen LogP contribution in [0.3, 0.4) is 0 Å². The van der Waals surface area contributed by atoms with Gasteiger partial charge >= 0.3 is 0 Å². The molecule has 1 heterocycles. The van der Waals surface area contributed by atoms with E-state index in [-0.39, 0.29) is 11.7 Å². The quantitative estimate of drug-likeness (QED) is 0.852. The number of pyridine rings is 1. The Balaban J connectivity index is 2.36. The third kappa shape index (κ3) is 4.25. The van der Waals surface area contributed by atoms with Gasteiger partial charge in [0.25, 0.3) is 0 Å². The molecule has 0 aliphatic carbocycles. The second kappa shape index (κ2) is 7.00. The summed E-state index contributed by atoms with van der Waals surface area (Å²) in [5.74, 6) is 0.429. The van der Waals surface area contributed by atoms with Crippen LogP contribution >= 0.6 is 15.9 Å². The van der Waals surface area contributed by atoms with Crippen molar-refractivity contribution in [3.8, 4) is 11.6 Å². The van der Waals surface area contributed by atoms with Gasteiger partial charge in [-0.3, -0.25) is 0 Å². The summed E-state index contributed by atoms with van der Waals surface area (Å²) in [5.41, 5.74) is 1.98. The van der Waals surface area contributed by atoms with Crippen molar-refractivity contribution in [1.82, 2.24) is 10.3 Å². The van der Waals surface area contributed by atoms with Crippen molar-refractivity contribution in [2.75, 3.05) is 7.05 Å². The first-order chi connectivity index (χ1) is 9.99. The summed E-state index contributed by atoms with van der Waals surface area (Å²) in [6.45, 7) is 4.84. The van der Waals surface area contributed by atoms with Gasteiger partial charge in [0.15, 0.2) is 11.6 Å². The van der Waals surface area contributed by atoms with Crippen molar-refractivity contribution in [2.24, 2.45) is 0 Å². The van der Waals surface area contributed by atoms with E-state index < -0.39 is 5.82 Å². The molecule has 112 valence electrons. The molecule has 1 aromatic heterocycles. The van der Waals surface area contributed by atoms with E-state index in [0.29, 0.717) is 12.4 Å². The lowest BCUT2D eigenvalue weighted by Gasteiger charge is -2.12. The molecule has 0 aliphatic heterocycles. The second-order valence-corrected chi connectivity index (χ2v) is 6.02. The molecule has 0 unspecified atom stereocenters. The zero-order valence-corrected chi connectivity index (χ0v) is 13.9. The van der Waals surface area contributed by atoms with Gasteiger partial charge < -0.3 is 10.1 Å². The fraction of sp³-hybridized carbons (Fsp3) is 0.312. The molecule has 0 aliphatic rings. The molecular formula is C16H18BrFN2O. The van der Waals surface area contributed by atoms with E-state index in [1.54, 1.807) is 12.1 Å². The number of nitrogens with zero attached hydrogens (tertiary/aromatic N) is 1. The van der Waals surface area contributed by atoms with Crippen molar-refractivity contribution < 1.29 is 9.13 Å². The number of hydrogen-bond donors (Lipinski definition) is 1. The van der Waals surface area contributed by atoms with Crippen LogP contribution in [0, 0.1) is 5.82 Å². The van der Waals surface area contributed by atoms with Gasteiger partial charge in [0.1, 0.15) is 0 Å². The number of halogens is 2. The lowest BCUT2D eigenvalue weighted by Crippen LogP contribution is -2.07. The van der Waals surface area contributed by atoms with E-state index in [1.807, 2.05) is 19.2 Å². The standard InChI is InChI=1S/C16H18BrFN2O/c1-10(2)14-6-11(9-19-3)7-16(20-14)21-15-8-12(17)4-5-13(15)18/h4-8,10,19H,9H2,1-3H3. The molecule has 0 fully saturated rings. The number of nitrogens with one attached hydrogen (secondary N) is 1. The summed E-state index contributed by atoms with van der Waals surface area (Å²) < 4.78 is 20.2. The Bertz CT molecular complexity index is 632. The Morgan fingerprint density at radius 3 is 2.71 bits per heavy atom. The molecule has 0 amide bonds. The van der Waals surface area contributed by atoms with Crippen molar-refractivity contribution in [3.05, 3.63) is 51.9 Å². The van der Waals surface area contributed by atoms with Crippen LogP contribution in [0.1, 0.15) is 31.0 Å². The Morgan fingerprint density at radius 2 is 2.05 bits per heavy atom. The van der Waals surface area contributed by atoms with Crippen molar-refractivity contribution in [3.63, 3.8) is 0 Å². The van der Waals surface area contributed by atoms with Gasteiger partial charge in [-0.25, -0.2) is 9.37 Å². The van der Waals surface area contributed by atoms with Crippen LogP contribution in [-0.2, 0) is 6.54 Å². The molecule has 0 saturated heterocycles. The fourth-order valence-corrected chi connectivity index (χ4v) is 2.24. The summed E-state index contributed by atoms with van der Waals surface area (Å²) in [6, 6.07) is 8.44. The molecule has 0 spiro atoms. The smallest absolute Gasteiger partial charge is 0.219 e. The number of ether oxygens (including phenoxy) is 1. The first-order valence-electron chi connectivity index (χ1n) is 6.78. The third-order valence-corrected chi connectivity index (χ3v) is 3.45. The van der Waals surface area contributed by atoms with E-state index >= 15 is 0 Å². The SMILES string of the molecule is CNCc1cc(Oc2cc(Br)ccc2F)nc(C(C)C)c1. The van der Waals surface area contributed by atoms with Crippen LogP contribution in [0.15, 0.2) is 34.8 Å². The van der Waals surface area contributed by atoms with Gasteiger partial charge in [0, 0.05) is 22.8 Å². The summed E-state index contributed by atoms with van der Waals surface area (Å²) in [7, 11) is 1.88. The topological polar surface area (TPSA) is 34.1 Å². The maximum atomic E-state index is 13.8. The molecular weight excluding hydrogens is 335 g/mol. The Kier molecular flexibility index (Phi) is 5.31. The summed E-state index contributed by atoms with van der Waals surface area (Å²) in [4.78, 5) is 4.45. The molecule has 1 aromatic carbocycles. The minimum absolute atomic E-state index is 0.160. The maximum Gasteiger partial charge on any atom is 0.219 e. The lowest BCUT2D eigenvalue weighted by molar-refractivity contribution is 0.424. The van der Waals surface area contributed by atoms with Gasteiger partial charge in [0.2, 0.25) is 5.88 Å². The maximum absolute atomic E-state index is 13.8. The largest absolute Gasteiger partial charge is 0.436 e. The molecule has 0 radical (unpaired) electrons. The van der Waals surface area contributed by atoms with E-state index in [9.17, 15) is 4.39 Å². The van der Waals surface area contributed by atoms with Crippen LogP contribution in [-0.4, -0.2) is 12.0 Å². The van der Waals surface area contributed by atoms with Crippen LogP contribution in [0.5, 0.6) is 11.6 Å². The predicted molar refractivity (Wildman–Crippen MR) is 85.3 cm³/mol. The molecule has 1 N–H and O–H groups in total. The van der Waals surface area contributed by atoms with E-state index in [0.717, 1.165) is 15.7 Å². The van der Waals surface area contributed by atoms with Crippen molar-refractivity contribution in [1.29, 1.82) is 0 Å². The lowest BCUT2D eigenvalue weighted by atomic mass is 10.1. The normalized spacial score (nSPS) is 11.0. The van der Waals surface area contributed by atoms with Crippen LogP contribution in [0.25, 0.3) is 0 Å². The highest BCUT2D eigenvalue weighted by atomic mass is 79.9. The van der Waals surface area contributed by atoms with E-state index in [4.69, 9.17) is 4.74 Å². The number of rotatable bonds is 5. The molecule has 21 heavy (non-hydrogen) atoms. The van der Waals surface area contributed by atoms with Gasteiger partial charge in [0.05, 0.1) is 0 Å². The van der Waals surface area contributed by atoms with Crippen molar-refractivity contribution >= 4 is 15.9 Å². The van der Waals surface area contributed by atoms with Crippen LogP contribution in [0.4, 0.5) is 4.39 Å². The Hall–Kier alpha value is -1.46. The zero-order valence-electron chi connectivity index (χ0n) is 12.3. The summed E-state index contributed by atoms with van der Waals surface area (Å²) in [6.07, 6.45) is 0. The Morgan fingerprint density at radius 1 is 1.29 bits per heavy atom. The minimum atomic E-state index is -0.412. The van der Waals surface area contributed by atoms with Crippen LogP contribution in [0.2, 0.25) is 0 Å². The molecule has 2 rings (SSSR count). The van der Waals surface area contributed by atoms with Crippen LogP contribution < -0.4 is 10.1 Å². The third-order valence-electron chi connectivity index (χ3n) is 2.96. The summed E-state index contributed by atoms with van der Waals surface area (Å²) >= 11 is 3.31. The fourth-order valence-electron chi connectivity index (χ4n) is 1.90. The van der Waals surface area contributed by atoms with Gasteiger partial charge in [-0.1, -0.05) is 29.8 Å². The number of hydrogen-bond acceptors (Lipinski definition) is 3. The first kappa shape index (κ1) is 15.9. The molecule has 0 bridgehead atoms. The molecule has 3 nitrogen and oxygen atoms in total. The highest BCUT2D eigenvalue weighted by Crippen LogP contribution is 2.28. The van der Waals surface area contributed by atoms with Gasteiger partial charge in [-0.05, 0) is 42.8 Å². The highest BCUT2D eigenvalue weighted by molar-refractivity contribution is 9.10. The molecule has 2 aromatic rings. The average molecular weight is 353 g/mol. The first-order valence-corrected chi connectivity index (χ1v) is 7.57. The van der Waals surface area contributed by atoms with E-state index in [1.165, 1.54) is 6.07 Å². The molecule has 5 heteroatoms.